The van der Waals surface area contributed by atoms with Crippen molar-refractivity contribution in [2.24, 2.45) is 0 Å². The Hall–Kier alpha value is -11.1. The molecule has 86 heavy (non-hydrogen) atoms. The van der Waals surface area contributed by atoms with Gasteiger partial charge in [0, 0.05) is 88.8 Å². The lowest BCUT2D eigenvalue weighted by molar-refractivity contribution is 0.656. The molecule has 0 bridgehead atoms. The van der Waals surface area contributed by atoms with E-state index in [0.717, 1.165) is 106 Å². The Labute approximate surface area is 498 Å². The van der Waals surface area contributed by atoms with Gasteiger partial charge in [-0.2, -0.15) is 0 Å². The Morgan fingerprint density at radius 1 is 0.326 bits per heavy atom. The fourth-order valence-electron chi connectivity index (χ4n) is 14.1. The topological polar surface area (TPSA) is 29.5 Å². The highest BCUT2D eigenvalue weighted by Gasteiger charge is 2.43. The van der Waals surface area contributed by atoms with Crippen molar-refractivity contribution < 1.29 is 4.42 Å². The van der Waals surface area contributed by atoms with E-state index in [1.807, 2.05) is 0 Å². The standard InChI is InChI=1S/C81H56N4O/c1-81(2)70-51-67-66-49-55(53-37-43-63(44-38-53)82(57-23-9-3-10-24-57)58-25-11-4-12-26-58)41-47-71(66)84(61-31-17-7-18-32-61)73(67)52-68(70)77-78(81)79-75(76-65-35-21-22-36-74(65)86-80(76)77)69-50-56(42-48-72(69)85(79)62-33-19-8-20-34-62)54-39-45-64(46-40-54)83(59-27-13-5-14-28-59)60-29-15-6-16-30-60/h3-52H,1-2H3. The van der Waals surface area contributed by atoms with Gasteiger partial charge in [-0.15, -0.1) is 0 Å². The SMILES string of the molecule is CC1(C)c2cc3c4cc(-c5ccc(N(c6ccccc6)c6ccccc6)cc5)ccc4n(-c4ccccc4)c3cc2-c2c1c1c(c3cc(-c4ccc(N(c5ccccc5)c5ccccc5)cc4)ccc3n1-c1ccccc1)c1c2oc2ccccc21. The summed E-state index contributed by atoms with van der Waals surface area (Å²) in [5.74, 6) is 0. The highest BCUT2D eigenvalue weighted by molar-refractivity contribution is 6.32. The summed E-state index contributed by atoms with van der Waals surface area (Å²) in [6.45, 7) is 4.87. The molecule has 0 radical (unpaired) electrons. The molecule has 0 unspecified atom stereocenters. The number of anilines is 6. The monoisotopic (exact) mass is 1100 g/mol. The van der Waals surface area contributed by atoms with Crippen LogP contribution in [0.4, 0.5) is 34.1 Å². The largest absolute Gasteiger partial charge is 0.455 e. The minimum Gasteiger partial charge on any atom is -0.455 e. The molecule has 0 saturated carbocycles. The van der Waals surface area contributed by atoms with Gasteiger partial charge in [-0.1, -0.05) is 178 Å². The molecule has 0 amide bonds. The highest BCUT2D eigenvalue weighted by Crippen LogP contribution is 2.59. The number of fused-ring (bicyclic) bond motifs is 15. The van der Waals surface area contributed by atoms with Gasteiger partial charge in [0.15, 0.2) is 0 Å². The van der Waals surface area contributed by atoms with Gasteiger partial charge in [-0.05, 0) is 178 Å². The Balaban J connectivity index is 0.873. The maximum Gasteiger partial charge on any atom is 0.144 e. The molecule has 5 nitrogen and oxygen atoms in total. The summed E-state index contributed by atoms with van der Waals surface area (Å²) < 4.78 is 12.3. The van der Waals surface area contributed by atoms with Crippen LogP contribution < -0.4 is 9.80 Å². The third kappa shape index (κ3) is 7.64. The number of para-hydroxylation sites is 7. The van der Waals surface area contributed by atoms with E-state index in [4.69, 9.17) is 4.42 Å². The molecule has 3 aromatic heterocycles. The molecule has 0 aliphatic heterocycles. The van der Waals surface area contributed by atoms with E-state index in [0.29, 0.717) is 0 Å². The predicted octanol–water partition coefficient (Wildman–Crippen LogP) is 22.4. The molecule has 406 valence electrons. The number of aromatic nitrogens is 2. The maximum absolute atomic E-state index is 7.34. The van der Waals surface area contributed by atoms with Gasteiger partial charge >= 0.3 is 0 Å². The van der Waals surface area contributed by atoms with E-state index in [2.05, 4.69) is 336 Å². The van der Waals surface area contributed by atoms with Crippen LogP contribution in [-0.4, -0.2) is 9.13 Å². The number of rotatable bonds is 10. The van der Waals surface area contributed by atoms with E-state index in [1.165, 1.54) is 49.3 Å². The second kappa shape index (κ2) is 19.5. The van der Waals surface area contributed by atoms with E-state index in [-0.39, 0.29) is 0 Å². The molecule has 16 aromatic rings. The lowest BCUT2D eigenvalue weighted by Gasteiger charge is -2.25. The average Bonchev–Trinajstić information content (AvgIpc) is 1.51. The lowest BCUT2D eigenvalue weighted by atomic mass is 9.80. The van der Waals surface area contributed by atoms with Gasteiger partial charge in [-0.3, -0.25) is 0 Å². The summed E-state index contributed by atoms with van der Waals surface area (Å²) in [7, 11) is 0. The smallest absolute Gasteiger partial charge is 0.144 e. The quantitative estimate of drug-likeness (QED) is 0.137. The predicted molar refractivity (Wildman–Crippen MR) is 360 cm³/mol. The van der Waals surface area contributed by atoms with E-state index < -0.39 is 5.41 Å². The third-order valence-electron chi connectivity index (χ3n) is 18.0. The molecule has 1 aliphatic rings. The minimum atomic E-state index is -0.467. The molecular weight excluding hydrogens is 1040 g/mol. The Kier molecular flexibility index (Phi) is 11.2. The zero-order valence-corrected chi connectivity index (χ0v) is 47.6. The number of furan rings is 1. The minimum absolute atomic E-state index is 0.467. The summed E-state index contributed by atoms with van der Waals surface area (Å²) in [4.78, 5) is 4.63. The summed E-state index contributed by atoms with van der Waals surface area (Å²) in [5, 5.41) is 7.07. The van der Waals surface area contributed by atoms with E-state index >= 15 is 0 Å². The van der Waals surface area contributed by atoms with Crippen molar-refractivity contribution in [2.45, 2.75) is 19.3 Å². The molecule has 0 spiro atoms. The number of nitrogens with zero attached hydrogens (tertiary/aromatic N) is 4. The van der Waals surface area contributed by atoms with Crippen LogP contribution in [0.25, 0.3) is 110 Å². The fraction of sp³-hybridized carbons (Fsp3) is 0.0370. The molecular formula is C81H56N4O. The fourth-order valence-corrected chi connectivity index (χ4v) is 14.1. The Morgan fingerprint density at radius 3 is 1.24 bits per heavy atom. The zero-order valence-electron chi connectivity index (χ0n) is 47.6. The Morgan fingerprint density at radius 2 is 0.733 bits per heavy atom. The van der Waals surface area contributed by atoms with Gasteiger partial charge in [-0.25, -0.2) is 0 Å². The van der Waals surface area contributed by atoms with Crippen molar-refractivity contribution in [2.75, 3.05) is 9.80 Å². The van der Waals surface area contributed by atoms with Crippen molar-refractivity contribution >= 4 is 99.7 Å². The van der Waals surface area contributed by atoms with Crippen LogP contribution in [0.2, 0.25) is 0 Å². The molecule has 13 aromatic carbocycles. The second-order valence-electron chi connectivity index (χ2n) is 23.2. The maximum atomic E-state index is 7.34. The zero-order chi connectivity index (χ0) is 57.0. The van der Waals surface area contributed by atoms with Crippen molar-refractivity contribution in [1.82, 2.24) is 9.13 Å². The molecule has 17 rings (SSSR count). The van der Waals surface area contributed by atoms with Crippen LogP contribution in [0, 0.1) is 0 Å². The van der Waals surface area contributed by atoms with Crippen LogP contribution >= 0.6 is 0 Å². The van der Waals surface area contributed by atoms with Gasteiger partial charge in [0.25, 0.3) is 0 Å². The first-order valence-electron chi connectivity index (χ1n) is 29.7. The summed E-state index contributed by atoms with van der Waals surface area (Å²) in [6.07, 6.45) is 0. The lowest BCUT2D eigenvalue weighted by Crippen LogP contribution is -2.16. The molecule has 0 fully saturated rings. The average molecular weight is 1100 g/mol. The van der Waals surface area contributed by atoms with Crippen molar-refractivity contribution in [3.8, 4) is 44.8 Å². The molecule has 0 saturated heterocycles. The first-order chi connectivity index (χ1) is 42.4. The van der Waals surface area contributed by atoms with E-state index in [1.54, 1.807) is 0 Å². The van der Waals surface area contributed by atoms with Gasteiger partial charge in [0.2, 0.25) is 0 Å². The van der Waals surface area contributed by atoms with Crippen LogP contribution in [0.3, 0.4) is 0 Å². The summed E-state index contributed by atoms with van der Waals surface area (Å²) >= 11 is 0. The summed E-state index contributed by atoms with van der Waals surface area (Å²) in [6, 6.07) is 110. The first kappa shape index (κ1) is 49.5. The van der Waals surface area contributed by atoms with E-state index in [9.17, 15) is 0 Å². The van der Waals surface area contributed by atoms with Crippen molar-refractivity contribution in [3.05, 3.63) is 314 Å². The van der Waals surface area contributed by atoms with Crippen LogP contribution in [0.15, 0.2) is 308 Å². The molecule has 0 N–H and O–H groups in total. The first-order valence-corrected chi connectivity index (χ1v) is 29.7. The van der Waals surface area contributed by atoms with Gasteiger partial charge < -0.3 is 23.4 Å². The molecule has 5 heteroatoms. The molecule has 1 aliphatic carbocycles. The van der Waals surface area contributed by atoms with Crippen LogP contribution in [-0.2, 0) is 5.41 Å². The second-order valence-corrected chi connectivity index (χ2v) is 23.2. The Bertz CT molecular complexity index is 5180. The van der Waals surface area contributed by atoms with Crippen LogP contribution in [0.1, 0.15) is 25.0 Å². The number of benzene rings is 13. The van der Waals surface area contributed by atoms with Gasteiger partial charge in [0.1, 0.15) is 11.2 Å². The molecule has 0 atom stereocenters. The van der Waals surface area contributed by atoms with Gasteiger partial charge in [0.05, 0.1) is 22.1 Å². The number of hydrogen-bond acceptors (Lipinski definition) is 3. The van der Waals surface area contributed by atoms with Crippen LogP contribution in [0.5, 0.6) is 0 Å². The normalized spacial score (nSPS) is 12.6. The summed E-state index contributed by atoms with van der Waals surface area (Å²) in [5.41, 5.74) is 24.4. The third-order valence-corrected chi connectivity index (χ3v) is 18.0. The number of hydrogen-bond donors (Lipinski definition) is 0. The highest BCUT2D eigenvalue weighted by atomic mass is 16.3. The molecule has 3 heterocycles. The van der Waals surface area contributed by atoms with Crippen molar-refractivity contribution in [1.29, 1.82) is 0 Å². The van der Waals surface area contributed by atoms with Crippen molar-refractivity contribution in [3.63, 3.8) is 0 Å².